The van der Waals surface area contributed by atoms with Gasteiger partial charge in [-0.2, -0.15) is 0 Å². The number of aliphatic hydroxyl groups is 2. The lowest BCUT2D eigenvalue weighted by Crippen LogP contribution is -2.17. The zero-order valence-electron chi connectivity index (χ0n) is 10.7. The third kappa shape index (κ3) is 6.47. The van der Waals surface area contributed by atoms with Crippen molar-refractivity contribution in [2.75, 3.05) is 24.7 Å². The van der Waals surface area contributed by atoms with Crippen LogP contribution in [0.15, 0.2) is 24.3 Å². The Morgan fingerprint density at radius 1 is 1.32 bits per heavy atom. The van der Waals surface area contributed by atoms with Gasteiger partial charge in [0.25, 0.3) is 0 Å². The molecule has 0 heterocycles. The van der Waals surface area contributed by atoms with Crippen LogP contribution in [0.1, 0.15) is 6.92 Å². The minimum Gasteiger partial charge on any atom is -0.494 e. The van der Waals surface area contributed by atoms with Crippen molar-refractivity contribution in [3.8, 4) is 11.5 Å². The van der Waals surface area contributed by atoms with Crippen molar-refractivity contribution in [1.82, 2.24) is 0 Å². The molecular formula is C13H18O5S. The number of benzene rings is 1. The van der Waals surface area contributed by atoms with Gasteiger partial charge in [-0.3, -0.25) is 4.79 Å². The van der Waals surface area contributed by atoms with Crippen LogP contribution in [-0.4, -0.2) is 47.0 Å². The van der Waals surface area contributed by atoms with Crippen LogP contribution in [0.25, 0.3) is 0 Å². The molecule has 1 atom stereocenters. The second kappa shape index (κ2) is 8.79. The summed E-state index contributed by atoms with van der Waals surface area (Å²) in [4.78, 5) is 11.5. The number of hydrogen-bond acceptors (Lipinski definition) is 6. The molecule has 0 saturated heterocycles. The lowest BCUT2D eigenvalue weighted by Gasteiger charge is -2.07. The minimum atomic E-state index is -0.803. The van der Waals surface area contributed by atoms with Crippen molar-refractivity contribution in [3.63, 3.8) is 0 Å². The molecule has 0 bridgehead atoms. The molecule has 5 nitrogen and oxygen atoms in total. The predicted molar refractivity (Wildman–Crippen MR) is 73.7 cm³/mol. The van der Waals surface area contributed by atoms with E-state index in [1.54, 1.807) is 24.3 Å². The Morgan fingerprint density at radius 2 is 1.95 bits per heavy atom. The maximum Gasteiger partial charge on any atom is 0.321 e. The monoisotopic (exact) mass is 286 g/mol. The highest BCUT2D eigenvalue weighted by Gasteiger charge is 2.08. The minimum absolute atomic E-state index is 0.129. The molecular weight excluding hydrogens is 268 g/mol. The van der Waals surface area contributed by atoms with Gasteiger partial charge in [0.05, 0.1) is 25.1 Å². The summed E-state index contributed by atoms with van der Waals surface area (Å²) in [5.41, 5.74) is 0. The van der Waals surface area contributed by atoms with Crippen molar-refractivity contribution < 1.29 is 24.5 Å². The van der Waals surface area contributed by atoms with Crippen LogP contribution in [0.4, 0.5) is 0 Å². The van der Waals surface area contributed by atoms with Crippen molar-refractivity contribution >= 4 is 17.7 Å². The standard InChI is InChI=1S/C13H18O5S/c1-2-17-11-3-5-12(6-4-11)18-13(16)9-19-8-10(15)7-14/h3-6,10,14-15H,2,7-9H2,1H3. The van der Waals surface area contributed by atoms with Crippen LogP contribution in [0.3, 0.4) is 0 Å². The van der Waals surface area contributed by atoms with Crippen LogP contribution in [0, 0.1) is 0 Å². The number of thioether (sulfide) groups is 1. The van der Waals surface area contributed by atoms with Crippen molar-refractivity contribution in [1.29, 1.82) is 0 Å². The number of hydrogen-bond donors (Lipinski definition) is 2. The molecule has 0 aliphatic carbocycles. The topological polar surface area (TPSA) is 76.0 Å². The van der Waals surface area contributed by atoms with E-state index in [2.05, 4.69) is 0 Å². The quantitative estimate of drug-likeness (QED) is 0.550. The van der Waals surface area contributed by atoms with Crippen LogP contribution in [-0.2, 0) is 4.79 Å². The average Bonchev–Trinajstić information content (AvgIpc) is 2.41. The largest absolute Gasteiger partial charge is 0.494 e. The molecule has 0 amide bonds. The van der Waals surface area contributed by atoms with Crippen LogP contribution < -0.4 is 9.47 Å². The zero-order chi connectivity index (χ0) is 14.1. The first kappa shape index (κ1) is 15.8. The summed E-state index contributed by atoms with van der Waals surface area (Å²) in [6.07, 6.45) is -0.803. The molecule has 1 aromatic rings. The first-order chi connectivity index (χ1) is 9.15. The van der Waals surface area contributed by atoms with Crippen LogP contribution in [0.2, 0.25) is 0 Å². The fourth-order valence-electron chi connectivity index (χ4n) is 1.26. The number of ether oxygens (including phenoxy) is 2. The van der Waals surface area contributed by atoms with Gasteiger partial charge in [-0.25, -0.2) is 0 Å². The van der Waals surface area contributed by atoms with E-state index in [1.165, 1.54) is 11.8 Å². The number of carbonyl (C=O) groups is 1. The average molecular weight is 286 g/mol. The molecule has 0 aromatic heterocycles. The van der Waals surface area contributed by atoms with Gasteiger partial charge in [-0.05, 0) is 31.2 Å². The number of carbonyl (C=O) groups excluding carboxylic acids is 1. The Balaban J connectivity index is 2.31. The van der Waals surface area contributed by atoms with Crippen molar-refractivity contribution in [2.45, 2.75) is 13.0 Å². The van der Waals surface area contributed by atoms with Gasteiger partial charge in [0, 0.05) is 5.75 Å². The Labute approximate surface area is 116 Å². The number of aliphatic hydroxyl groups excluding tert-OH is 2. The highest BCUT2D eigenvalue weighted by molar-refractivity contribution is 7.99. The van der Waals surface area contributed by atoms with Crippen molar-refractivity contribution in [3.05, 3.63) is 24.3 Å². The molecule has 0 spiro atoms. The normalized spacial score (nSPS) is 11.9. The van der Waals surface area contributed by atoms with Crippen LogP contribution >= 0.6 is 11.8 Å². The fraction of sp³-hybridized carbons (Fsp3) is 0.462. The Hall–Kier alpha value is -1.24. The first-order valence-electron chi connectivity index (χ1n) is 5.96. The predicted octanol–water partition coefficient (Wildman–Crippen LogP) is 1.08. The summed E-state index contributed by atoms with van der Waals surface area (Å²) >= 11 is 1.22. The SMILES string of the molecule is CCOc1ccc(OC(=O)CSCC(O)CO)cc1. The summed E-state index contributed by atoms with van der Waals surface area (Å²) in [7, 11) is 0. The third-order valence-corrected chi connectivity index (χ3v) is 3.17. The fourth-order valence-corrected chi connectivity index (χ4v) is 1.98. The van der Waals surface area contributed by atoms with E-state index >= 15 is 0 Å². The molecule has 1 rings (SSSR count). The first-order valence-corrected chi connectivity index (χ1v) is 7.11. The van der Waals surface area contributed by atoms with Crippen LogP contribution in [0.5, 0.6) is 11.5 Å². The molecule has 1 unspecified atom stereocenters. The zero-order valence-corrected chi connectivity index (χ0v) is 11.6. The molecule has 0 aliphatic heterocycles. The Bertz CT molecular complexity index is 379. The molecule has 0 aliphatic rings. The number of rotatable bonds is 8. The molecule has 1 aromatic carbocycles. The van der Waals surface area contributed by atoms with E-state index in [-0.39, 0.29) is 18.3 Å². The summed E-state index contributed by atoms with van der Waals surface area (Å²) in [6, 6.07) is 6.79. The Kier molecular flexibility index (Phi) is 7.32. The second-order valence-electron chi connectivity index (χ2n) is 3.73. The van der Waals surface area contributed by atoms with Gasteiger partial charge in [0.2, 0.25) is 0 Å². The van der Waals surface area contributed by atoms with Gasteiger partial charge in [-0.1, -0.05) is 0 Å². The maximum atomic E-state index is 11.5. The lowest BCUT2D eigenvalue weighted by molar-refractivity contribution is -0.131. The molecule has 19 heavy (non-hydrogen) atoms. The highest BCUT2D eigenvalue weighted by Crippen LogP contribution is 2.18. The number of esters is 1. The molecule has 0 radical (unpaired) electrons. The third-order valence-electron chi connectivity index (χ3n) is 2.11. The summed E-state index contributed by atoms with van der Waals surface area (Å²) in [6.45, 7) is 2.18. The van der Waals surface area contributed by atoms with E-state index in [0.717, 1.165) is 5.75 Å². The van der Waals surface area contributed by atoms with Gasteiger partial charge >= 0.3 is 5.97 Å². The molecule has 6 heteroatoms. The summed E-state index contributed by atoms with van der Waals surface area (Å²) in [5.74, 6) is 1.22. The van der Waals surface area contributed by atoms with Gasteiger partial charge in [-0.15, -0.1) is 11.8 Å². The summed E-state index contributed by atoms with van der Waals surface area (Å²) in [5, 5.41) is 17.7. The van der Waals surface area contributed by atoms with Gasteiger partial charge in [0.1, 0.15) is 11.5 Å². The van der Waals surface area contributed by atoms with Gasteiger partial charge in [0.15, 0.2) is 0 Å². The van der Waals surface area contributed by atoms with E-state index in [9.17, 15) is 4.79 Å². The van der Waals surface area contributed by atoms with Gasteiger partial charge < -0.3 is 19.7 Å². The molecule has 0 saturated carbocycles. The summed E-state index contributed by atoms with van der Waals surface area (Å²) < 4.78 is 10.4. The maximum absolute atomic E-state index is 11.5. The van der Waals surface area contributed by atoms with Crippen molar-refractivity contribution in [2.24, 2.45) is 0 Å². The highest BCUT2D eigenvalue weighted by atomic mass is 32.2. The van der Waals surface area contributed by atoms with E-state index in [4.69, 9.17) is 19.7 Å². The molecule has 0 fully saturated rings. The van der Waals surface area contributed by atoms with E-state index in [1.807, 2.05) is 6.92 Å². The Morgan fingerprint density at radius 3 is 2.53 bits per heavy atom. The second-order valence-corrected chi connectivity index (χ2v) is 4.76. The smallest absolute Gasteiger partial charge is 0.321 e. The van der Waals surface area contributed by atoms with E-state index in [0.29, 0.717) is 18.1 Å². The molecule has 2 N–H and O–H groups in total. The molecule has 106 valence electrons. The van der Waals surface area contributed by atoms with E-state index < -0.39 is 6.10 Å². The lowest BCUT2D eigenvalue weighted by atomic mass is 10.3.